The maximum atomic E-state index is 12.1. The van der Waals surface area contributed by atoms with Gasteiger partial charge in [-0.2, -0.15) is 0 Å². The Morgan fingerprint density at radius 3 is 2.69 bits per heavy atom. The minimum atomic E-state index is -3.67. The molecule has 0 unspecified atom stereocenters. The van der Waals surface area contributed by atoms with Crippen LogP contribution in [0.25, 0.3) is 0 Å². The van der Waals surface area contributed by atoms with Gasteiger partial charge in [-0.25, -0.2) is 13.4 Å². The van der Waals surface area contributed by atoms with E-state index in [4.69, 9.17) is 0 Å². The van der Waals surface area contributed by atoms with Crippen LogP contribution < -0.4 is 0 Å². The fourth-order valence-corrected chi connectivity index (χ4v) is 3.63. The van der Waals surface area contributed by atoms with Crippen LogP contribution in [0.2, 0.25) is 0 Å². The molecule has 4 nitrogen and oxygen atoms in total. The third-order valence-electron chi connectivity index (χ3n) is 1.97. The molecule has 0 spiro atoms. The molecule has 0 fully saturated rings. The number of hydrogen-bond acceptors (Lipinski definition) is 5. The number of sulfone groups is 1. The van der Waals surface area contributed by atoms with Crippen LogP contribution in [0.3, 0.4) is 0 Å². The van der Waals surface area contributed by atoms with Gasteiger partial charge in [0, 0.05) is 6.20 Å². The van der Waals surface area contributed by atoms with E-state index in [1.807, 2.05) is 0 Å². The topological polar surface area (TPSA) is 64.1 Å². The minimum Gasteiger partial charge on any atom is -0.297 e. The first-order chi connectivity index (χ1) is 7.66. The van der Waals surface area contributed by atoms with E-state index in [1.165, 1.54) is 18.3 Å². The van der Waals surface area contributed by atoms with Crippen LogP contribution >= 0.6 is 11.3 Å². The molecular formula is C10H7NO3S2. The maximum absolute atomic E-state index is 12.1. The van der Waals surface area contributed by atoms with Gasteiger partial charge in [-0.1, -0.05) is 6.07 Å². The number of nitrogens with zero attached hydrogens (tertiary/aromatic N) is 1. The van der Waals surface area contributed by atoms with Crippen molar-refractivity contribution in [3.05, 3.63) is 40.7 Å². The molecule has 2 aromatic rings. The molecule has 0 aliphatic rings. The molecule has 0 amide bonds. The lowest BCUT2D eigenvalue weighted by Gasteiger charge is -2.01. The molecule has 0 aliphatic heterocycles. The van der Waals surface area contributed by atoms with Crippen molar-refractivity contribution in [2.75, 3.05) is 0 Å². The molecule has 2 rings (SSSR count). The Labute approximate surface area is 96.5 Å². The highest BCUT2D eigenvalue weighted by molar-refractivity contribution is 7.91. The highest BCUT2D eigenvalue weighted by Crippen LogP contribution is 2.25. The second-order valence-corrected chi connectivity index (χ2v) is 5.75. The molecule has 0 atom stereocenters. The summed E-state index contributed by atoms with van der Waals surface area (Å²) < 4.78 is 24.1. The Bertz CT molecular complexity index is 602. The summed E-state index contributed by atoms with van der Waals surface area (Å²) in [5.41, 5.74) is 0. The molecule has 0 aliphatic carbocycles. The van der Waals surface area contributed by atoms with Gasteiger partial charge in [0.25, 0.3) is 0 Å². The van der Waals surface area contributed by atoms with Gasteiger partial charge < -0.3 is 0 Å². The number of thiophene rings is 1. The summed E-state index contributed by atoms with van der Waals surface area (Å²) in [4.78, 5) is 14.7. The van der Waals surface area contributed by atoms with Crippen LogP contribution in [-0.2, 0) is 9.84 Å². The van der Waals surface area contributed by atoms with Crippen LogP contribution in [0.15, 0.2) is 45.8 Å². The average Bonchev–Trinajstić information content (AvgIpc) is 2.79. The second kappa shape index (κ2) is 4.15. The Morgan fingerprint density at radius 1 is 1.25 bits per heavy atom. The Hall–Kier alpha value is -1.53. The fourth-order valence-electron chi connectivity index (χ4n) is 1.24. The van der Waals surface area contributed by atoms with Gasteiger partial charge in [0.1, 0.15) is 0 Å². The van der Waals surface area contributed by atoms with E-state index in [2.05, 4.69) is 4.98 Å². The zero-order valence-electron chi connectivity index (χ0n) is 8.03. The molecule has 0 aromatic carbocycles. The maximum Gasteiger partial charge on any atom is 0.225 e. The first-order valence-electron chi connectivity index (χ1n) is 4.35. The van der Waals surface area contributed by atoms with Crippen LogP contribution in [0.5, 0.6) is 0 Å². The lowest BCUT2D eigenvalue weighted by atomic mass is 10.5. The Balaban J connectivity index is 2.61. The number of aromatic nitrogens is 1. The monoisotopic (exact) mass is 253 g/mol. The zero-order valence-corrected chi connectivity index (χ0v) is 9.66. The lowest BCUT2D eigenvalue weighted by molar-refractivity contribution is 0.112. The van der Waals surface area contributed by atoms with Crippen LogP contribution in [0.1, 0.15) is 9.67 Å². The average molecular weight is 253 g/mol. The lowest BCUT2D eigenvalue weighted by Crippen LogP contribution is -2.04. The van der Waals surface area contributed by atoms with E-state index in [0.29, 0.717) is 6.29 Å². The second-order valence-electron chi connectivity index (χ2n) is 2.94. The van der Waals surface area contributed by atoms with E-state index in [-0.39, 0.29) is 14.8 Å². The summed E-state index contributed by atoms with van der Waals surface area (Å²) in [5.74, 6) is 0. The van der Waals surface area contributed by atoms with Crippen molar-refractivity contribution in [1.29, 1.82) is 0 Å². The smallest absolute Gasteiger partial charge is 0.225 e. The van der Waals surface area contributed by atoms with E-state index >= 15 is 0 Å². The molecule has 2 aromatic heterocycles. The minimum absolute atomic E-state index is 0.0196. The van der Waals surface area contributed by atoms with Gasteiger partial charge in [0.15, 0.2) is 11.3 Å². The molecule has 0 saturated heterocycles. The number of rotatable bonds is 3. The standard InChI is InChI=1S/C10H7NO3S2/c12-7-8-9(4-6-15-8)16(13,14)10-3-1-2-5-11-10/h1-7H. The quantitative estimate of drug-likeness (QED) is 0.782. The summed E-state index contributed by atoms with van der Waals surface area (Å²) in [6.45, 7) is 0. The van der Waals surface area contributed by atoms with E-state index in [1.54, 1.807) is 17.5 Å². The molecular weight excluding hydrogens is 246 g/mol. The highest BCUT2D eigenvalue weighted by Gasteiger charge is 2.22. The summed E-state index contributed by atoms with van der Waals surface area (Å²) in [6.07, 6.45) is 1.94. The molecule has 0 saturated carbocycles. The van der Waals surface area contributed by atoms with Gasteiger partial charge in [-0.3, -0.25) is 4.79 Å². The summed E-state index contributed by atoms with van der Waals surface area (Å²) in [5, 5.41) is 1.52. The third kappa shape index (κ3) is 1.77. The highest BCUT2D eigenvalue weighted by atomic mass is 32.2. The molecule has 16 heavy (non-hydrogen) atoms. The van der Waals surface area contributed by atoms with E-state index < -0.39 is 9.84 Å². The van der Waals surface area contributed by atoms with Crippen molar-refractivity contribution < 1.29 is 13.2 Å². The largest absolute Gasteiger partial charge is 0.297 e. The normalized spacial score (nSPS) is 11.2. The van der Waals surface area contributed by atoms with Crippen molar-refractivity contribution >= 4 is 27.5 Å². The number of pyridine rings is 1. The zero-order chi connectivity index (χ0) is 11.6. The molecule has 0 radical (unpaired) electrons. The van der Waals surface area contributed by atoms with Crippen molar-refractivity contribution in [1.82, 2.24) is 4.98 Å². The first-order valence-corrected chi connectivity index (χ1v) is 6.71. The molecule has 0 N–H and O–H groups in total. The van der Waals surface area contributed by atoms with Gasteiger partial charge >= 0.3 is 0 Å². The van der Waals surface area contributed by atoms with Crippen molar-refractivity contribution in [2.45, 2.75) is 9.92 Å². The fraction of sp³-hybridized carbons (Fsp3) is 0. The number of carbonyl (C=O) groups excluding carboxylic acids is 1. The van der Waals surface area contributed by atoms with Gasteiger partial charge in [-0.15, -0.1) is 11.3 Å². The van der Waals surface area contributed by atoms with E-state index in [0.717, 1.165) is 11.3 Å². The predicted molar refractivity (Wildman–Crippen MR) is 59.4 cm³/mol. The van der Waals surface area contributed by atoms with Gasteiger partial charge in [0.2, 0.25) is 9.84 Å². The molecule has 0 bridgehead atoms. The van der Waals surface area contributed by atoms with Crippen LogP contribution in [0.4, 0.5) is 0 Å². The Morgan fingerprint density at radius 2 is 2.06 bits per heavy atom. The Kier molecular flexibility index (Phi) is 2.84. The first kappa shape index (κ1) is 11.0. The number of aldehydes is 1. The summed E-state index contributed by atoms with van der Waals surface area (Å²) in [6, 6.07) is 6.04. The van der Waals surface area contributed by atoms with Crippen molar-refractivity contribution in [2.24, 2.45) is 0 Å². The number of carbonyl (C=O) groups is 1. The van der Waals surface area contributed by atoms with E-state index in [9.17, 15) is 13.2 Å². The third-order valence-corrected chi connectivity index (χ3v) is 4.67. The predicted octanol–water partition coefficient (Wildman–Crippen LogP) is 1.79. The molecule has 82 valence electrons. The SMILES string of the molecule is O=Cc1sccc1S(=O)(=O)c1ccccn1. The van der Waals surface area contributed by atoms with Crippen LogP contribution in [-0.4, -0.2) is 19.7 Å². The molecule has 6 heteroatoms. The van der Waals surface area contributed by atoms with Gasteiger partial charge in [0.05, 0.1) is 9.77 Å². The van der Waals surface area contributed by atoms with Crippen molar-refractivity contribution in [3.63, 3.8) is 0 Å². The van der Waals surface area contributed by atoms with Crippen LogP contribution in [0, 0.1) is 0 Å². The number of hydrogen-bond donors (Lipinski definition) is 0. The van der Waals surface area contributed by atoms with Crippen molar-refractivity contribution in [3.8, 4) is 0 Å². The summed E-state index contributed by atoms with van der Waals surface area (Å²) in [7, 11) is -3.67. The summed E-state index contributed by atoms with van der Waals surface area (Å²) >= 11 is 1.10. The van der Waals surface area contributed by atoms with Gasteiger partial charge in [-0.05, 0) is 23.6 Å². The molecule has 2 heterocycles.